The number of ether oxygens (including phenoxy) is 3. The molecular weight excluding hydrogens is 400 g/mol. The van der Waals surface area contributed by atoms with Crippen LogP contribution in [0.5, 0.6) is 0 Å². The van der Waals surface area contributed by atoms with Gasteiger partial charge < -0.3 is 19.5 Å². The largest absolute Gasteiger partial charge is 0.494 e. The van der Waals surface area contributed by atoms with Gasteiger partial charge in [-0.2, -0.15) is 0 Å². The molecule has 8 heteroatoms. The predicted molar refractivity (Wildman–Crippen MR) is 109 cm³/mol. The maximum atomic E-state index is 12.7. The molecule has 31 heavy (non-hydrogen) atoms. The van der Waals surface area contributed by atoms with Gasteiger partial charge in [-0.15, -0.1) is 0 Å². The number of fused-ring (bicyclic) bond motifs is 1. The van der Waals surface area contributed by atoms with Gasteiger partial charge in [-0.25, -0.2) is 9.59 Å². The number of esters is 1. The quantitative estimate of drug-likeness (QED) is 0.568. The van der Waals surface area contributed by atoms with Crippen LogP contribution in [0.4, 0.5) is 4.79 Å². The van der Waals surface area contributed by atoms with Crippen molar-refractivity contribution in [3.8, 4) is 0 Å². The number of benzene rings is 2. The standard InChI is InChI=1S/C23H22N2O6/c1-15-20(22(27)30-12-16-8-4-2-5-9-16)25-18(14-29-15)19(21(25)26)24-23(28)31-13-17-10-6-3-7-11-17/h2-11,18-19H,12-14H2,1H3,(H,24,28)/t18-,19+/m0/s1. The number of carbonyl (C=O) groups is 3. The smallest absolute Gasteiger partial charge is 0.408 e. The number of nitrogens with one attached hydrogen (secondary N) is 1. The molecule has 0 radical (unpaired) electrons. The van der Waals surface area contributed by atoms with Crippen molar-refractivity contribution in [3.05, 3.63) is 83.2 Å². The average molecular weight is 422 g/mol. The Labute approximate surface area is 179 Å². The molecule has 4 rings (SSSR count). The molecule has 8 nitrogen and oxygen atoms in total. The Hall–Kier alpha value is -3.81. The summed E-state index contributed by atoms with van der Waals surface area (Å²) in [4.78, 5) is 38.8. The van der Waals surface area contributed by atoms with Crippen molar-refractivity contribution in [3.63, 3.8) is 0 Å². The second-order valence-electron chi connectivity index (χ2n) is 7.24. The Balaban J connectivity index is 1.35. The molecule has 2 amide bonds. The lowest BCUT2D eigenvalue weighted by atomic mass is 9.93. The Bertz CT molecular complexity index is 1010. The Kier molecular flexibility index (Phi) is 5.88. The molecule has 160 valence electrons. The zero-order chi connectivity index (χ0) is 21.8. The molecule has 0 unspecified atom stereocenters. The number of hydrogen-bond acceptors (Lipinski definition) is 6. The summed E-state index contributed by atoms with van der Waals surface area (Å²) in [7, 11) is 0. The lowest BCUT2D eigenvalue weighted by molar-refractivity contribution is -0.161. The molecule has 1 fully saturated rings. The van der Waals surface area contributed by atoms with Crippen molar-refractivity contribution >= 4 is 18.0 Å². The number of rotatable bonds is 6. The first kappa shape index (κ1) is 20.5. The van der Waals surface area contributed by atoms with E-state index in [4.69, 9.17) is 14.2 Å². The van der Waals surface area contributed by atoms with Crippen LogP contribution in [-0.2, 0) is 37.0 Å². The van der Waals surface area contributed by atoms with Gasteiger partial charge in [-0.05, 0) is 18.1 Å². The number of β-lactam (4-membered cyclic amide) rings is 1. The van der Waals surface area contributed by atoms with Gasteiger partial charge in [-0.1, -0.05) is 60.7 Å². The lowest BCUT2D eigenvalue weighted by Crippen LogP contribution is -2.73. The van der Waals surface area contributed by atoms with E-state index >= 15 is 0 Å². The zero-order valence-electron chi connectivity index (χ0n) is 16.9. The second kappa shape index (κ2) is 8.91. The van der Waals surface area contributed by atoms with Gasteiger partial charge in [-0.3, -0.25) is 9.69 Å². The fourth-order valence-corrected chi connectivity index (χ4v) is 3.52. The van der Waals surface area contributed by atoms with Gasteiger partial charge in [0, 0.05) is 0 Å². The van der Waals surface area contributed by atoms with Crippen molar-refractivity contribution in [1.82, 2.24) is 10.2 Å². The van der Waals surface area contributed by atoms with Crippen LogP contribution in [-0.4, -0.2) is 41.6 Å². The van der Waals surface area contributed by atoms with E-state index in [1.165, 1.54) is 4.90 Å². The molecule has 0 bridgehead atoms. The minimum atomic E-state index is -0.826. The van der Waals surface area contributed by atoms with Gasteiger partial charge in [0.25, 0.3) is 5.91 Å². The molecule has 0 aliphatic carbocycles. The Morgan fingerprint density at radius 3 is 2.19 bits per heavy atom. The van der Waals surface area contributed by atoms with Gasteiger partial charge in [0.1, 0.15) is 37.7 Å². The molecule has 2 aromatic rings. The highest BCUT2D eigenvalue weighted by Crippen LogP contribution is 2.33. The summed E-state index contributed by atoms with van der Waals surface area (Å²) >= 11 is 0. The zero-order valence-corrected chi connectivity index (χ0v) is 16.9. The molecule has 0 saturated carbocycles. The summed E-state index contributed by atoms with van der Waals surface area (Å²) in [6, 6.07) is 17.1. The molecule has 0 aromatic heterocycles. The topological polar surface area (TPSA) is 94.2 Å². The Morgan fingerprint density at radius 1 is 1.00 bits per heavy atom. The fraction of sp³-hybridized carbons (Fsp3) is 0.261. The molecule has 2 heterocycles. The van der Waals surface area contributed by atoms with Crippen LogP contribution in [0.25, 0.3) is 0 Å². The summed E-state index contributed by atoms with van der Waals surface area (Å²) in [6.45, 7) is 1.94. The van der Waals surface area contributed by atoms with Crippen molar-refractivity contribution in [2.45, 2.75) is 32.2 Å². The van der Waals surface area contributed by atoms with Gasteiger partial charge in [0.05, 0.1) is 0 Å². The lowest BCUT2D eigenvalue weighted by Gasteiger charge is -2.49. The molecule has 2 atom stereocenters. The fourth-order valence-electron chi connectivity index (χ4n) is 3.52. The summed E-state index contributed by atoms with van der Waals surface area (Å²) < 4.78 is 16.1. The van der Waals surface area contributed by atoms with E-state index in [1.54, 1.807) is 6.92 Å². The number of amides is 2. The molecule has 2 aliphatic heterocycles. The predicted octanol–water partition coefficient (Wildman–Crippen LogP) is 2.50. The summed E-state index contributed by atoms with van der Waals surface area (Å²) in [5, 5.41) is 2.56. The number of nitrogens with zero attached hydrogens (tertiary/aromatic N) is 1. The van der Waals surface area contributed by atoms with Gasteiger partial charge >= 0.3 is 12.1 Å². The van der Waals surface area contributed by atoms with Crippen LogP contribution in [0, 0.1) is 0 Å². The maximum absolute atomic E-state index is 12.7. The first-order valence-corrected chi connectivity index (χ1v) is 9.89. The van der Waals surface area contributed by atoms with E-state index in [0.29, 0.717) is 5.76 Å². The average Bonchev–Trinajstić information content (AvgIpc) is 2.80. The monoisotopic (exact) mass is 422 g/mol. The molecule has 1 saturated heterocycles. The molecule has 2 aliphatic rings. The van der Waals surface area contributed by atoms with E-state index in [1.807, 2.05) is 60.7 Å². The van der Waals surface area contributed by atoms with E-state index in [0.717, 1.165) is 11.1 Å². The van der Waals surface area contributed by atoms with E-state index in [2.05, 4.69) is 5.32 Å². The molecule has 2 aromatic carbocycles. The highest BCUT2D eigenvalue weighted by molar-refractivity contribution is 6.01. The summed E-state index contributed by atoms with van der Waals surface area (Å²) in [5.41, 5.74) is 1.73. The van der Waals surface area contributed by atoms with Crippen molar-refractivity contribution in [2.75, 3.05) is 6.61 Å². The van der Waals surface area contributed by atoms with Crippen LogP contribution >= 0.6 is 0 Å². The van der Waals surface area contributed by atoms with Crippen LogP contribution in [0.2, 0.25) is 0 Å². The van der Waals surface area contributed by atoms with E-state index in [-0.39, 0.29) is 25.5 Å². The number of alkyl carbamates (subject to hydrolysis) is 1. The number of hydrogen-bond donors (Lipinski definition) is 1. The minimum absolute atomic E-state index is 0.0629. The molecule has 1 N–H and O–H groups in total. The third-order valence-corrected chi connectivity index (χ3v) is 5.16. The molecule has 0 spiro atoms. The van der Waals surface area contributed by atoms with Crippen LogP contribution in [0.3, 0.4) is 0 Å². The first-order chi connectivity index (χ1) is 15.0. The maximum Gasteiger partial charge on any atom is 0.408 e. The Morgan fingerprint density at radius 2 is 1.58 bits per heavy atom. The van der Waals surface area contributed by atoms with Crippen LogP contribution in [0.1, 0.15) is 18.1 Å². The van der Waals surface area contributed by atoms with Gasteiger partial charge in [0.2, 0.25) is 0 Å². The van der Waals surface area contributed by atoms with Crippen molar-refractivity contribution < 1.29 is 28.6 Å². The summed E-state index contributed by atoms with van der Waals surface area (Å²) in [6.07, 6.45) is -0.707. The van der Waals surface area contributed by atoms with E-state index < -0.39 is 30.1 Å². The number of allylic oxidation sites excluding steroid dienone is 1. The van der Waals surface area contributed by atoms with Crippen molar-refractivity contribution in [1.29, 1.82) is 0 Å². The SMILES string of the molecule is CC1=C(C(=O)OCc2ccccc2)N2C(=O)[C@H](NC(=O)OCc3ccccc3)[C@@H]2CO1. The number of carbonyl (C=O) groups excluding carboxylic acids is 3. The third-order valence-electron chi connectivity index (χ3n) is 5.16. The third kappa shape index (κ3) is 4.37. The van der Waals surface area contributed by atoms with E-state index in [9.17, 15) is 14.4 Å². The second-order valence-corrected chi connectivity index (χ2v) is 7.24. The van der Waals surface area contributed by atoms with Crippen LogP contribution < -0.4 is 5.32 Å². The van der Waals surface area contributed by atoms with Crippen molar-refractivity contribution in [2.24, 2.45) is 0 Å². The molecular formula is C23H22N2O6. The minimum Gasteiger partial charge on any atom is -0.494 e. The first-order valence-electron chi connectivity index (χ1n) is 9.89. The van der Waals surface area contributed by atoms with Crippen LogP contribution in [0.15, 0.2) is 72.1 Å². The highest BCUT2D eigenvalue weighted by atomic mass is 16.6. The van der Waals surface area contributed by atoms with Gasteiger partial charge in [0.15, 0.2) is 5.70 Å². The summed E-state index contributed by atoms with van der Waals surface area (Å²) in [5.74, 6) is -0.742. The normalized spacial score (nSPS) is 19.6. The highest BCUT2D eigenvalue weighted by Gasteiger charge is 2.54.